The summed E-state index contributed by atoms with van der Waals surface area (Å²) in [6.45, 7) is 2.30. The van der Waals surface area contributed by atoms with Crippen LogP contribution >= 0.6 is 0 Å². The Hall–Kier alpha value is -2.02. The summed E-state index contributed by atoms with van der Waals surface area (Å²) in [5.74, 6) is 4.87. The van der Waals surface area contributed by atoms with Crippen LogP contribution in [0.15, 0.2) is 17.3 Å². The molecule has 0 bridgehead atoms. The van der Waals surface area contributed by atoms with Crippen LogP contribution in [-0.2, 0) is 7.05 Å². The van der Waals surface area contributed by atoms with Crippen molar-refractivity contribution >= 4 is 17.9 Å². The number of nitrogens with zero attached hydrogens (tertiary/aromatic N) is 2. The fourth-order valence-corrected chi connectivity index (χ4v) is 1.37. The smallest absolute Gasteiger partial charge is 0.268 e. The molecule has 7 heteroatoms. The van der Waals surface area contributed by atoms with Gasteiger partial charge >= 0.3 is 0 Å². The predicted octanol–water partition coefficient (Wildman–Crippen LogP) is -0.783. The highest BCUT2D eigenvalue weighted by Gasteiger charge is 2.11. The van der Waals surface area contributed by atoms with Crippen LogP contribution in [0.3, 0.4) is 0 Å². The van der Waals surface area contributed by atoms with E-state index in [1.165, 1.54) is 6.34 Å². The van der Waals surface area contributed by atoms with E-state index < -0.39 is 0 Å². The molecule has 0 aliphatic heterocycles. The van der Waals surface area contributed by atoms with Gasteiger partial charge in [-0.05, 0) is 13.0 Å². The third-order valence-electron chi connectivity index (χ3n) is 2.22. The number of aromatic nitrogens is 1. The van der Waals surface area contributed by atoms with Gasteiger partial charge in [-0.1, -0.05) is 0 Å². The van der Waals surface area contributed by atoms with Gasteiger partial charge < -0.3 is 21.0 Å². The molecule has 0 aromatic carbocycles. The van der Waals surface area contributed by atoms with Crippen molar-refractivity contribution in [1.82, 2.24) is 15.3 Å². The third kappa shape index (κ3) is 3.80. The van der Waals surface area contributed by atoms with Crippen molar-refractivity contribution in [2.45, 2.75) is 13.0 Å². The van der Waals surface area contributed by atoms with Crippen LogP contribution in [0.4, 0.5) is 5.69 Å². The number of aryl methyl sites for hydroxylation is 1. The monoisotopic (exact) mass is 238 g/mol. The van der Waals surface area contributed by atoms with Gasteiger partial charge in [0.1, 0.15) is 5.69 Å². The van der Waals surface area contributed by atoms with E-state index in [1.54, 1.807) is 23.9 Å². The van der Waals surface area contributed by atoms with Gasteiger partial charge in [-0.2, -0.15) is 0 Å². The van der Waals surface area contributed by atoms with E-state index in [2.05, 4.69) is 15.7 Å². The van der Waals surface area contributed by atoms with Gasteiger partial charge in [0.15, 0.2) is 0 Å². The van der Waals surface area contributed by atoms with Crippen molar-refractivity contribution in [3.8, 4) is 0 Å². The molecule has 0 fully saturated rings. The largest absolute Gasteiger partial charge is 0.397 e. The number of anilines is 1. The molecule has 0 aliphatic carbocycles. The molecular formula is C10H18N6O. The van der Waals surface area contributed by atoms with Gasteiger partial charge in [-0.15, -0.1) is 0 Å². The average molecular weight is 238 g/mol. The maximum Gasteiger partial charge on any atom is 0.268 e. The van der Waals surface area contributed by atoms with E-state index in [0.29, 0.717) is 17.9 Å². The molecule has 0 radical (unpaired) electrons. The predicted molar refractivity (Wildman–Crippen MR) is 67.4 cm³/mol. The molecule has 1 atom stereocenters. The minimum Gasteiger partial charge on any atom is -0.397 e. The zero-order chi connectivity index (χ0) is 12.8. The van der Waals surface area contributed by atoms with Crippen LogP contribution in [0, 0.1) is 0 Å². The van der Waals surface area contributed by atoms with Gasteiger partial charge in [0.2, 0.25) is 0 Å². The number of aliphatic imine (C=N–C) groups is 1. The quantitative estimate of drug-likeness (QED) is 0.233. The molecule has 0 spiro atoms. The second-order valence-corrected chi connectivity index (χ2v) is 3.77. The lowest BCUT2D eigenvalue weighted by atomic mass is 10.3. The molecule has 7 nitrogen and oxygen atoms in total. The highest BCUT2D eigenvalue weighted by atomic mass is 16.1. The second-order valence-electron chi connectivity index (χ2n) is 3.77. The molecule has 6 N–H and O–H groups in total. The third-order valence-corrected chi connectivity index (χ3v) is 2.22. The fourth-order valence-electron chi connectivity index (χ4n) is 1.37. The Bertz CT molecular complexity index is 411. The van der Waals surface area contributed by atoms with E-state index in [0.717, 1.165) is 0 Å². The second kappa shape index (κ2) is 5.90. The van der Waals surface area contributed by atoms with E-state index in [1.807, 2.05) is 6.92 Å². The summed E-state index contributed by atoms with van der Waals surface area (Å²) in [5, 5.41) is 2.76. The van der Waals surface area contributed by atoms with Crippen molar-refractivity contribution in [2.24, 2.45) is 17.9 Å². The molecule has 1 heterocycles. The van der Waals surface area contributed by atoms with Gasteiger partial charge in [0.25, 0.3) is 5.91 Å². The molecule has 1 aromatic rings. The SMILES string of the molecule is CC(CNC(=O)c1cc(N)cn1C)N=CNN. The van der Waals surface area contributed by atoms with Crippen molar-refractivity contribution < 1.29 is 4.79 Å². The highest BCUT2D eigenvalue weighted by molar-refractivity contribution is 5.93. The number of amides is 1. The first-order valence-electron chi connectivity index (χ1n) is 5.22. The summed E-state index contributed by atoms with van der Waals surface area (Å²) < 4.78 is 1.68. The Labute approximate surface area is 99.8 Å². The molecule has 1 aromatic heterocycles. The lowest BCUT2D eigenvalue weighted by molar-refractivity contribution is 0.0944. The van der Waals surface area contributed by atoms with Crippen LogP contribution in [0.25, 0.3) is 0 Å². The number of carbonyl (C=O) groups is 1. The van der Waals surface area contributed by atoms with Crippen molar-refractivity contribution in [2.75, 3.05) is 12.3 Å². The highest BCUT2D eigenvalue weighted by Crippen LogP contribution is 2.08. The van der Waals surface area contributed by atoms with Crippen LogP contribution in [0.5, 0.6) is 0 Å². The molecule has 1 unspecified atom stereocenters. The minimum atomic E-state index is -0.174. The summed E-state index contributed by atoms with van der Waals surface area (Å²) in [6.07, 6.45) is 3.08. The van der Waals surface area contributed by atoms with Crippen LogP contribution in [0.2, 0.25) is 0 Å². The number of hydrogen-bond acceptors (Lipinski definition) is 4. The Morgan fingerprint density at radius 1 is 1.71 bits per heavy atom. The number of nitrogen functional groups attached to an aromatic ring is 1. The number of hydrogen-bond donors (Lipinski definition) is 4. The van der Waals surface area contributed by atoms with Gasteiger partial charge in [-0.25, -0.2) is 5.84 Å². The van der Waals surface area contributed by atoms with Crippen molar-refractivity contribution in [3.05, 3.63) is 18.0 Å². The van der Waals surface area contributed by atoms with Crippen LogP contribution in [0.1, 0.15) is 17.4 Å². The lowest BCUT2D eigenvalue weighted by Gasteiger charge is -2.08. The molecule has 0 saturated carbocycles. The Morgan fingerprint density at radius 3 is 2.94 bits per heavy atom. The van der Waals surface area contributed by atoms with Crippen LogP contribution in [-0.4, -0.2) is 29.4 Å². The van der Waals surface area contributed by atoms with Crippen LogP contribution < -0.4 is 22.3 Å². The van der Waals surface area contributed by atoms with Crippen molar-refractivity contribution in [1.29, 1.82) is 0 Å². The van der Waals surface area contributed by atoms with E-state index in [-0.39, 0.29) is 11.9 Å². The number of carbonyl (C=O) groups excluding carboxylic acids is 1. The zero-order valence-corrected chi connectivity index (χ0v) is 9.97. The standard InChI is InChI=1S/C10H18N6O/c1-7(14-6-15-12)4-13-10(17)9-3-8(11)5-16(9)2/h3,5-7H,4,11-12H2,1-2H3,(H,13,17)(H,14,15). The van der Waals surface area contributed by atoms with E-state index in [4.69, 9.17) is 11.6 Å². The lowest BCUT2D eigenvalue weighted by Crippen LogP contribution is -2.32. The number of rotatable bonds is 5. The Balaban J connectivity index is 2.50. The molecule has 94 valence electrons. The molecule has 0 saturated heterocycles. The maximum absolute atomic E-state index is 11.8. The molecule has 0 aliphatic rings. The molecular weight excluding hydrogens is 220 g/mol. The average Bonchev–Trinajstić information content (AvgIpc) is 2.62. The van der Waals surface area contributed by atoms with E-state index >= 15 is 0 Å². The Morgan fingerprint density at radius 2 is 2.41 bits per heavy atom. The fraction of sp³-hybridized carbons (Fsp3) is 0.400. The first kappa shape index (κ1) is 13.0. The van der Waals surface area contributed by atoms with Gasteiger partial charge in [-0.3, -0.25) is 9.79 Å². The maximum atomic E-state index is 11.8. The summed E-state index contributed by atoms with van der Waals surface area (Å²) >= 11 is 0. The normalized spacial score (nSPS) is 12.6. The summed E-state index contributed by atoms with van der Waals surface area (Å²) in [5.41, 5.74) is 8.99. The van der Waals surface area contributed by atoms with Gasteiger partial charge in [0.05, 0.1) is 18.1 Å². The zero-order valence-electron chi connectivity index (χ0n) is 9.97. The topological polar surface area (TPSA) is 110 Å². The minimum absolute atomic E-state index is 0.0485. The molecule has 17 heavy (non-hydrogen) atoms. The summed E-state index contributed by atoms with van der Waals surface area (Å²) in [6, 6.07) is 1.58. The molecule has 1 rings (SSSR count). The van der Waals surface area contributed by atoms with Crippen molar-refractivity contribution in [3.63, 3.8) is 0 Å². The number of hydrazine groups is 1. The van der Waals surface area contributed by atoms with Gasteiger partial charge in [0, 0.05) is 19.8 Å². The first-order valence-corrected chi connectivity index (χ1v) is 5.22. The number of nitrogens with two attached hydrogens (primary N) is 2. The number of nitrogens with one attached hydrogen (secondary N) is 2. The molecule has 1 amide bonds. The Kier molecular flexibility index (Phi) is 4.53. The summed E-state index contributed by atoms with van der Waals surface area (Å²) in [7, 11) is 1.77. The van der Waals surface area contributed by atoms with E-state index in [9.17, 15) is 4.79 Å². The summed E-state index contributed by atoms with van der Waals surface area (Å²) in [4.78, 5) is 15.8. The first-order chi connectivity index (χ1) is 8.04.